The number of aromatic nitrogens is 2. The highest BCUT2D eigenvalue weighted by Crippen LogP contribution is 2.19. The highest BCUT2D eigenvalue weighted by molar-refractivity contribution is 5.98. The van der Waals surface area contributed by atoms with Crippen molar-refractivity contribution < 1.29 is 4.79 Å². The summed E-state index contributed by atoms with van der Waals surface area (Å²) in [6.07, 6.45) is 3.62. The fraction of sp³-hybridized carbons (Fsp3) is 0.667. The fourth-order valence-corrected chi connectivity index (χ4v) is 2.04. The number of carbonyl (C=O) groups is 1. The number of amides is 1. The van der Waals surface area contributed by atoms with Crippen molar-refractivity contribution >= 4 is 11.7 Å². The zero-order chi connectivity index (χ0) is 13.1. The molecule has 1 aliphatic carbocycles. The van der Waals surface area contributed by atoms with E-state index in [2.05, 4.69) is 15.7 Å². The minimum Gasteiger partial charge on any atom is -0.370 e. The van der Waals surface area contributed by atoms with Crippen molar-refractivity contribution in [3.63, 3.8) is 0 Å². The van der Waals surface area contributed by atoms with Gasteiger partial charge in [-0.1, -0.05) is 0 Å². The first kappa shape index (κ1) is 12.9. The minimum absolute atomic E-state index is 0.431. The van der Waals surface area contributed by atoms with Gasteiger partial charge >= 0.3 is 0 Å². The summed E-state index contributed by atoms with van der Waals surface area (Å²) in [5, 5.41) is 10.9. The van der Waals surface area contributed by atoms with Crippen LogP contribution in [-0.2, 0) is 7.05 Å². The summed E-state index contributed by atoms with van der Waals surface area (Å²) in [5.74, 6) is 0.283. The van der Waals surface area contributed by atoms with Crippen LogP contribution in [-0.4, -0.2) is 34.8 Å². The van der Waals surface area contributed by atoms with Gasteiger partial charge in [0.25, 0.3) is 5.91 Å². The molecule has 1 fully saturated rings. The van der Waals surface area contributed by atoms with E-state index in [-0.39, 0.29) is 0 Å². The van der Waals surface area contributed by atoms with Crippen LogP contribution in [0.3, 0.4) is 0 Å². The van der Waals surface area contributed by atoms with E-state index in [1.807, 2.05) is 7.05 Å². The van der Waals surface area contributed by atoms with Gasteiger partial charge in [-0.15, -0.1) is 0 Å². The van der Waals surface area contributed by atoms with Crippen molar-refractivity contribution in [2.24, 2.45) is 12.8 Å². The molecule has 0 spiro atoms. The van der Waals surface area contributed by atoms with Crippen LogP contribution in [0.1, 0.15) is 35.3 Å². The molecule has 0 unspecified atom stereocenters. The van der Waals surface area contributed by atoms with Gasteiger partial charge in [-0.2, -0.15) is 5.10 Å². The number of rotatable bonds is 7. The van der Waals surface area contributed by atoms with Crippen LogP contribution in [0, 0.1) is 6.92 Å². The Morgan fingerprint density at radius 1 is 1.50 bits per heavy atom. The summed E-state index contributed by atoms with van der Waals surface area (Å²) in [6.45, 7) is 3.60. The van der Waals surface area contributed by atoms with Gasteiger partial charge in [0.15, 0.2) is 0 Å². The second-order valence-electron chi connectivity index (χ2n) is 4.81. The number of nitrogens with zero attached hydrogens (tertiary/aromatic N) is 2. The lowest BCUT2D eigenvalue weighted by Crippen LogP contribution is -2.21. The van der Waals surface area contributed by atoms with Gasteiger partial charge in [0, 0.05) is 19.6 Å². The lowest BCUT2D eigenvalue weighted by molar-refractivity contribution is 0.100. The summed E-state index contributed by atoms with van der Waals surface area (Å²) >= 11 is 0. The van der Waals surface area contributed by atoms with E-state index < -0.39 is 5.91 Å². The number of primary amides is 1. The molecule has 1 saturated carbocycles. The number of aryl methyl sites for hydroxylation is 2. The third-order valence-electron chi connectivity index (χ3n) is 3.12. The van der Waals surface area contributed by atoms with E-state index in [4.69, 9.17) is 5.73 Å². The number of hydrogen-bond donors (Lipinski definition) is 3. The Morgan fingerprint density at radius 2 is 2.22 bits per heavy atom. The molecule has 0 bridgehead atoms. The Balaban J connectivity index is 1.85. The first-order valence-electron chi connectivity index (χ1n) is 6.40. The molecule has 1 aliphatic rings. The monoisotopic (exact) mass is 251 g/mol. The normalized spacial score (nSPS) is 14.8. The number of anilines is 1. The van der Waals surface area contributed by atoms with E-state index in [1.165, 1.54) is 12.8 Å². The molecule has 1 aromatic heterocycles. The molecule has 0 aromatic carbocycles. The zero-order valence-corrected chi connectivity index (χ0v) is 11.0. The second-order valence-corrected chi connectivity index (χ2v) is 4.81. The lowest BCUT2D eigenvalue weighted by Gasteiger charge is -2.08. The molecule has 6 nitrogen and oxygen atoms in total. The molecule has 1 aromatic rings. The van der Waals surface area contributed by atoms with Crippen LogP contribution < -0.4 is 16.4 Å². The average molecular weight is 251 g/mol. The summed E-state index contributed by atoms with van der Waals surface area (Å²) in [5.41, 5.74) is 6.53. The Hall–Kier alpha value is -1.56. The van der Waals surface area contributed by atoms with E-state index in [0.717, 1.165) is 25.6 Å². The zero-order valence-electron chi connectivity index (χ0n) is 11.0. The Bertz CT molecular complexity index is 436. The number of carbonyl (C=O) groups excluding carboxylic acids is 1. The van der Waals surface area contributed by atoms with Crippen LogP contribution in [0.5, 0.6) is 0 Å². The fourth-order valence-electron chi connectivity index (χ4n) is 2.04. The highest BCUT2D eigenvalue weighted by atomic mass is 16.1. The van der Waals surface area contributed by atoms with Gasteiger partial charge < -0.3 is 16.4 Å². The Kier molecular flexibility index (Phi) is 3.86. The van der Waals surface area contributed by atoms with Crippen molar-refractivity contribution in [3.05, 3.63) is 11.3 Å². The van der Waals surface area contributed by atoms with Gasteiger partial charge in [0.1, 0.15) is 11.4 Å². The van der Waals surface area contributed by atoms with Crippen LogP contribution in [0.4, 0.5) is 5.82 Å². The van der Waals surface area contributed by atoms with Gasteiger partial charge in [0.05, 0.1) is 5.69 Å². The maximum atomic E-state index is 11.4. The highest BCUT2D eigenvalue weighted by Gasteiger charge is 2.20. The Labute approximate surface area is 107 Å². The van der Waals surface area contributed by atoms with E-state index in [9.17, 15) is 4.79 Å². The van der Waals surface area contributed by atoms with Crippen molar-refractivity contribution in [1.82, 2.24) is 15.1 Å². The first-order valence-corrected chi connectivity index (χ1v) is 6.40. The van der Waals surface area contributed by atoms with Crippen LogP contribution in [0.25, 0.3) is 0 Å². The van der Waals surface area contributed by atoms with Crippen LogP contribution in [0.15, 0.2) is 0 Å². The third-order valence-corrected chi connectivity index (χ3v) is 3.12. The van der Waals surface area contributed by atoms with Crippen LogP contribution >= 0.6 is 0 Å². The maximum absolute atomic E-state index is 11.4. The van der Waals surface area contributed by atoms with Crippen molar-refractivity contribution in [1.29, 1.82) is 0 Å². The number of nitrogens with one attached hydrogen (secondary N) is 2. The maximum Gasteiger partial charge on any atom is 0.254 e. The predicted molar refractivity (Wildman–Crippen MR) is 70.6 cm³/mol. The number of hydrogen-bond acceptors (Lipinski definition) is 4. The summed E-state index contributed by atoms with van der Waals surface area (Å²) in [6, 6.07) is 0.741. The van der Waals surface area contributed by atoms with E-state index >= 15 is 0 Å². The minimum atomic E-state index is -0.431. The van der Waals surface area contributed by atoms with Gasteiger partial charge in [-0.25, -0.2) is 0 Å². The van der Waals surface area contributed by atoms with Gasteiger partial charge in [-0.05, 0) is 32.7 Å². The molecular weight excluding hydrogens is 230 g/mol. The molecule has 0 radical (unpaired) electrons. The average Bonchev–Trinajstić information content (AvgIpc) is 3.05. The lowest BCUT2D eigenvalue weighted by atomic mass is 10.2. The standard InChI is InChI=1S/C12H21N5O/c1-8-10(11(13)18)12(17(2)16-8)15-7-3-6-14-9-4-5-9/h9,14-15H,3-7H2,1-2H3,(H2,13,18). The molecule has 2 rings (SSSR count). The van der Waals surface area contributed by atoms with Crippen molar-refractivity contribution in [3.8, 4) is 0 Å². The molecule has 18 heavy (non-hydrogen) atoms. The van der Waals surface area contributed by atoms with E-state index in [0.29, 0.717) is 17.1 Å². The topological polar surface area (TPSA) is 85.0 Å². The van der Waals surface area contributed by atoms with Crippen LogP contribution in [0.2, 0.25) is 0 Å². The SMILES string of the molecule is Cc1nn(C)c(NCCCNC2CC2)c1C(N)=O. The smallest absolute Gasteiger partial charge is 0.254 e. The summed E-state index contributed by atoms with van der Waals surface area (Å²) < 4.78 is 1.67. The summed E-state index contributed by atoms with van der Waals surface area (Å²) in [4.78, 5) is 11.4. The third kappa shape index (κ3) is 3.01. The first-order chi connectivity index (χ1) is 8.59. The molecule has 0 atom stereocenters. The van der Waals surface area contributed by atoms with Gasteiger partial charge in [0.2, 0.25) is 0 Å². The molecular formula is C12H21N5O. The van der Waals surface area contributed by atoms with Crippen molar-refractivity contribution in [2.75, 3.05) is 18.4 Å². The quantitative estimate of drug-likeness (QED) is 0.612. The molecule has 0 aliphatic heterocycles. The molecule has 0 saturated heterocycles. The van der Waals surface area contributed by atoms with E-state index in [1.54, 1.807) is 11.6 Å². The number of nitrogens with two attached hydrogens (primary N) is 1. The molecule has 6 heteroatoms. The Morgan fingerprint density at radius 3 is 2.83 bits per heavy atom. The molecule has 1 amide bonds. The molecule has 1 heterocycles. The van der Waals surface area contributed by atoms with Gasteiger partial charge in [-0.3, -0.25) is 9.48 Å². The summed E-state index contributed by atoms with van der Waals surface area (Å²) in [7, 11) is 1.81. The molecule has 4 N–H and O–H groups in total. The second kappa shape index (κ2) is 5.39. The largest absolute Gasteiger partial charge is 0.370 e. The van der Waals surface area contributed by atoms with Crippen molar-refractivity contribution in [2.45, 2.75) is 32.2 Å². The predicted octanol–water partition coefficient (Wildman–Crippen LogP) is 0.381. The molecule has 100 valence electrons.